The third-order valence-electron chi connectivity index (χ3n) is 6.40. The van der Waals surface area contributed by atoms with Gasteiger partial charge in [0.25, 0.3) is 0 Å². The van der Waals surface area contributed by atoms with Gasteiger partial charge in [0.1, 0.15) is 11.5 Å². The van der Waals surface area contributed by atoms with Gasteiger partial charge in [-0.15, -0.1) is 0 Å². The third-order valence-corrected chi connectivity index (χ3v) is 6.40. The molecular weight excluding hydrogens is 408 g/mol. The second-order valence-corrected chi connectivity index (χ2v) is 8.67. The normalized spacial score (nSPS) is 18.8. The van der Waals surface area contributed by atoms with Crippen LogP contribution in [0, 0.1) is 0 Å². The second-order valence-electron chi connectivity index (χ2n) is 8.67. The number of hydrogen-bond acceptors (Lipinski definition) is 6. The molecular formula is C26H36O6. The number of phenolic OH excluding ortho intramolecular Hbond substituents is 2. The molecule has 2 N–H and O–H groups in total. The third kappa shape index (κ3) is 5.62. The maximum Gasteiger partial charge on any atom is 0.126 e. The molecule has 1 fully saturated rings. The lowest BCUT2D eigenvalue weighted by Crippen LogP contribution is -2.14. The van der Waals surface area contributed by atoms with E-state index in [1.807, 2.05) is 0 Å². The van der Waals surface area contributed by atoms with Crippen LogP contribution in [0.1, 0.15) is 70.9 Å². The van der Waals surface area contributed by atoms with Crippen LogP contribution in [0.5, 0.6) is 11.5 Å². The van der Waals surface area contributed by atoms with Crippen molar-refractivity contribution in [2.24, 2.45) is 0 Å². The molecule has 0 bridgehead atoms. The number of benzene rings is 2. The summed E-state index contributed by atoms with van der Waals surface area (Å²) in [5.74, 6) is 1.28. The van der Waals surface area contributed by atoms with Crippen molar-refractivity contribution in [1.82, 2.24) is 0 Å². The van der Waals surface area contributed by atoms with Gasteiger partial charge in [-0.1, -0.05) is 6.42 Å². The van der Waals surface area contributed by atoms with E-state index in [1.165, 1.54) is 11.1 Å². The van der Waals surface area contributed by atoms with Crippen molar-refractivity contribution in [2.45, 2.75) is 63.9 Å². The first-order valence-electron chi connectivity index (χ1n) is 11.2. The molecule has 176 valence electrons. The maximum absolute atomic E-state index is 10.6. The molecule has 6 nitrogen and oxygen atoms in total. The Bertz CT molecular complexity index is 768. The quantitative estimate of drug-likeness (QED) is 0.529. The van der Waals surface area contributed by atoms with Crippen molar-refractivity contribution in [3.8, 4) is 11.5 Å². The zero-order valence-corrected chi connectivity index (χ0v) is 19.6. The molecule has 1 aliphatic carbocycles. The molecule has 1 aliphatic rings. The van der Waals surface area contributed by atoms with Crippen LogP contribution in [0.25, 0.3) is 0 Å². The summed E-state index contributed by atoms with van der Waals surface area (Å²) in [4.78, 5) is 0. The summed E-state index contributed by atoms with van der Waals surface area (Å²) in [6.45, 7) is 1.47. The van der Waals surface area contributed by atoms with Gasteiger partial charge in [0.15, 0.2) is 0 Å². The summed E-state index contributed by atoms with van der Waals surface area (Å²) in [7, 11) is 6.55. The summed E-state index contributed by atoms with van der Waals surface area (Å²) < 4.78 is 21.2. The topological polar surface area (TPSA) is 77.4 Å². The maximum atomic E-state index is 10.6. The van der Waals surface area contributed by atoms with Crippen molar-refractivity contribution in [1.29, 1.82) is 0 Å². The highest BCUT2D eigenvalue weighted by Gasteiger charge is 2.27. The highest BCUT2D eigenvalue weighted by Crippen LogP contribution is 2.44. The largest absolute Gasteiger partial charge is 0.507 e. The first-order chi connectivity index (χ1) is 15.5. The number of phenols is 2. The van der Waals surface area contributed by atoms with Crippen LogP contribution < -0.4 is 0 Å². The van der Waals surface area contributed by atoms with Gasteiger partial charge in [-0.3, -0.25) is 0 Å². The fraction of sp³-hybridized carbons (Fsp3) is 0.538. The van der Waals surface area contributed by atoms with Crippen LogP contribution in [0.2, 0.25) is 0 Å². The SMILES string of the molecule is COCc1cc(C2CCCC(c3cc(COC)c(O)c(COC)c3)C2)cc(COC)c1O. The second kappa shape index (κ2) is 11.7. The zero-order chi connectivity index (χ0) is 23.1. The van der Waals surface area contributed by atoms with E-state index >= 15 is 0 Å². The first kappa shape index (κ1) is 24.5. The Morgan fingerprint density at radius 2 is 0.938 bits per heavy atom. The summed E-state index contributed by atoms with van der Waals surface area (Å²) in [5, 5.41) is 21.2. The number of rotatable bonds is 10. The molecule has 6 heteroatoms. The van der Waals surface area contributed by atoms with Crippen LogP contribution in [0.3, 0.4) is 0 Å². The van der Waals surface area contributed by atoms with Crippen molar-refractivity contribution >= 4 is 0 Å². The fourth-order valence-electron chi connectivity index (χ4n) is 4.90. The minimum Gasteiger partial charge on any atom is -0.507 e. The van der Waals surface area contributed by atoms with Crippen LogP contribution in [0.15, 0.2) is 24.3 Å². The summed E-state index contributed by atoms with van der Waals surface area (Å²) in [6.07, 6.45) is 4.34. The number of ether oxygens (including phenoxy) is 4. The lowest BCUT2D eigenvalue weighted by atomic mass is 9.74. The summed E-state index contributed by atoms with van der Waals surface area (Å²) in [5.41, 5.74) is 5.64. The van der Waals surface area contributed by atoms with E-state index in [2.05, 4.69) is 24.3 Å². The fourth-order valence-corrected chi connectivity index (χ4v) is 4.90. The van der Waals surface area contributed by atoms with Gasteiger partial charge in [-0.2, -0.15) is 0 Å². The molecule has 0 spiro atoms. The van der Waals surface area contributed by atoms with Gasteiger partial charge in [-0.05, 0) is 66.5 Å². The van der Waals surface area contributed by atoms with E-state index < -0.39 is 0 Å². The molecule has 2 unspecified atom stereocenters. The molecule has 0 aliphatic heterocycles. The van der Waals surface area contributed by atoms with E-state index in [9.17, 15) is 10.2 Å². The summed E-state index contributed by atoms with van der Waals surface area (Å²) in [6, 6.07) is 8.31. The highest BCUT2D eigenvalue weighted by atomic mass is 16.5. The first-order valence-corrected chi connectivity index (χ1v) is 11.2. The van der Waals surface area contributed by atoms with Gasteiger partial charge in [-0.25, -0.2) is 0 Å². The van der Waals surface area contributed by atoms with Crippen LogP contribution >= 0.6 is 0 Å². The predicted octanol–water partition coefficient (Wildman–Crippen LogP) is 5.12. The average Bonchev–Trinajstić information content (AvgIpc) is 2.79. The van der Waals surface area contributed by atoms with Crippen molar-refractivity contribution in [2.75, 3.05) is 28.4 Å². The molecule has 32 heavy (non-hydrogen) atoms. The van der Waals surface area contributed by atoms with Gasteiger partial charge in [0, 0.05) is 50.7 Å². The number of hydrogen-bond donors (Lipinski definition) is 2. The Kier molecular flexibility index (Phi) is 8.93. The van der Waals surface area contributed by atoms with Gasteiger partial charge in [0.2, 0.25) is 0 Å². The molecule has 0 saturated heterocycles. The standard InChI is InChI=1S/C26H36O6/c1-29-13-21-9-19(10-22(14-30-2)25(21)27)17-6-5-7-18(8-17)20-11-23(15-31-3)26(28)24(12-20)16-32-4/h9-12,17-18,27-28H,5-8,13-16H2,1-4H3. The Balaban J connectivity index is 1.91. The van der Waals surface area contributed by atoms with E-state index in [0.29, 0.717) is 38.3 Å². The molecule has 0 radical (unpaired) electrons. The van der Waals surface area contributed by atoms with Gasteiger partial charge >= 0.3 is 0 Å². The van der Waals surface area contributed by atoms with E-state index in [1.54, 1.807) is 28.4 Å². The molecule has 3 rings (SSSR count). The Morgan fingerprint density at radius 1 is 0.625 bits per heavy atom. The van der Waals surface area contributed by atoms with Crippen LogP contribution in [0.4, 0.5) is 0 Å². The zero-order valence-electron chi connectivity index (χ0n) is 19.6. The number of aromatic hydroxyl groups is 2. The lowest BCUT2D eigenvalue weighted by molar-refractivity contribution is 0.174. The van der Waals surface area contributed by atoms with Gasteiger partial charge in [0.05, 0.1) is 26.4 Å². The Hall–Kier alpha value is -2.12. The van der Waals surface area contributed by atoms with E-state index in [0.717, 1.165) is 47.9 Å². The number of methoxy groups -OCH3 is 4. The molecule has 2 aromatic carbocycles. The molecule has 0 amide bonds. The Labute approximate surface area is 191 Å². The van der Waals surface area contributed by atoms with Crippen molar-refractivity contribution < 1.29 is 29.2 Å². The smallest absolute Gasteiger partial charge is 0.126 e. The summed E-state index contributed by atoms with van der Waals surface area (Å²) >= 11 is 0. The van der Waals surface area contributed by atoms with Crippen LogP contribution in [-0.4, -0.2) is 38.7 Å². The van der Waals surface area contributed by atoms with Crippen molar-refractivity contribution in [3.05, 3.63) is 57.6 Å². The monoisotopic (exact) mass is 444 g/mol. The molecule has 1 saturated carbocycles. The predicted molar refractivity (Wildman–Crippen MR) is 123 cm³/mol. The minimum absolute atomic E-state index is 0.261. The highest BCUT2D eigenvalue weighted by molar-refractivity contribution is 5.46. The molecule has 0 aromatic heterocycles. The van der Waals surface area contributed by atoms with Crippen LogP contribution in [-0.2, 0) is 45.4 Å². The Morgan fingerprint density at radius 3 is 1.22 bits per heavy atom. The minimum atomic E-state index is 0.261. The molecule has 2 atom stereocenters. The molecule has 2 aromatic rings. The van der Waals surface area contributed by atoms with E-state index in [-0.39, 0.29) is 11.5 Å². The molecule has 0 heterocycles. The van der Waals surface area contributed by atoms with Crippen molar-refractivity contribution in [3.63, 3.8) is 0 Å². The van der Waals surface area contributed by atoms with Gasteiger partial charge < -0.3 is 29.2 Å². The lowest BCUT2D eigenvalue weighted by Gasteiger charge is -2.31. The average molecular weight is 445 g/mol. The van der Waals surface area contributed by atoms with E-state index in [4.69, 9.17) is 18.9 Å².